The number of amides is 1. The monoisotopic (exact) mass is 367 g/mol. The van der Waals surface area contributed by atoms with Crippen molar-refractivity contribution in [3.63, 3.8) is 0 Å². The van der Waals surface area contributed by atoms with E-state index >= 15 is 0 Å². The first kappa shape index (κ1) is 18.2. The molecule has 27 heavy (non-hydrogen) atoms. The van der Waals surface area contributed by atoms with Gasteiger partial charge in [0.15, 0.2) is 5.69 Å². The van der Waals surface area contributed by atoms with Gasteiger partial charge in [0.05, 0.1) is 11.7 Å². The molecule has 1 saturated heterocycles. The third-order valence-electron chi connectivity index (χ3n) is 5.87. The summed E-state index contributed by atoms with van der Waals surface area (Å²) in [6.07, 6.45) is 2.95. The van der Waals surface area contributed by atoms with Crippen LogP contribution in [0.25, 0.3) is 0 Å². The molecule has 6 nitrogen and oxygen atoms in total. The fourth-order valence-electron chi connectivity index (χ4n) is 4.14. The number of benzene rings is 1. The maximum Gasteiger partial charge on any atom is 0.280 e. The number of aromatic nitrogens is 3. The van der Waals surface area contributed by atoms with E-state index < -0.39 is 0 Å². The van der Waals surface area contributed by atoms with Gasteiger partial charge in [-0.1, -0.05) is 38.1 Å². The summed E-state index contributed by atoms with van der Waals surface area (Å²) in [4.78, 5) is 15.1. The lowest BCUT2D eigenvalue weighted by atomic mass is 9.86. The second-order valence-corrected chi connectivity index (χ2v) is 8.75. The average Bonchev–Trinajstić information content (AvgIpc) is 3.24. The topological polar surface area (TPSA) is 63.1 Å². The molecule has 1 fully saturated rings. The van der Waals surface area contributed by atoms with Crippen molar-refractivity contribution < 1.29 is 4.79 Å². The lowest BCUT2D eigenvalue weighted by Gasteiger charge is -2.23. The van der Waals surface area contributed by atoms with Gasteiger partial charge < -0.3 is 10.2 Å². The number of piperidine rings is 1. The van der Waals surface area contributed by atoms with E-state index in [9.17, 15) is 4.79 Å². The van der Waals surface area contributed by atoms with Crippen molar-refractivity contribution in [1.82, 2.24) is 20.3 Å². The Kier molecular flexibility index (Phi) is 4.54. The second-order valence-electron chi connectivity index (χ2n) is 8.75. The molecule has 4 rings (SSSR count). The van der Waals surface area contributed by atoms with Crippen LogP contribution in [0.5, 0.6) is 0 Å². The van der Waals surface area contributed by atoms with E-state index in [0.717, 1.165) is 43.7 Å². The first-order chi connectivity index (χ1) is 12.9. The van der Waals surface area contributed by atoms with Crippen LogP contribution in [0.4, 0.5) is 5.69 Å². The maximum absolute atomic E-state index is 13.2. The molecule has 2 aliphatic rings. The third kappa shape index (κ3) is 3.27. The summed E-state index contributed by atoms with van der Waals surface area (Å²) in [7, 11) is 0. The predicted molar refractivity (Wildman–Crippen MR) is 106 cm³/mol. The Morgan fingerprint density at radius 3 is 2.67 bits per heavy atom. The van der Waals surface area contributed by atoms with E-state index in [0.29, 0.717) is 18.3 Å². The standard InChI is InChI=1S/C21H29N5O/c1-14-19(23-24-26(14)17-7-10-22-11-8-17)20(27)25-12-9-15-13-16(21(2,3)4)5-6-18(15)25/h5-6,13,17,22H,7-12H2,1-4H3. The van der Waals surface area contributed by atoms with Gasteiger partial charge in [-0.3, -0.25) is 4.79 Å². The van der Waals surface area contributed by atoms with Crippen LogP contribution in [-0.4, -0.2) is 40.5 Å². The molecule has 3 heterocycles. The van der Waals surface area contributed by atoms with Gasteiger partial charge in [-0.15, -0.1) is 5.10 Å². The van der Waals surface area contributed by atoms with Gasteiger partial charge in [-0.25, -0.2) is 4.68 Å². The van der Waals surface area contributed by atoms with Gasteiger partial charge in [0.1, 0.15) is 0 Å². The minimum absolute atomic E-state index is 0.0325. The first-order valence-electron chi connectivity index (χ1n) is 9.94. The van der Waals surface area contributed by atoms with Gasteiger partial charge in [0.25, 0.3) is 5.91 Å². The van der Waals surface area contributed by atoms with Crippen molar-refractivity contribution in [2.45, 2.75) is 58.4 Å². The predicted octanol–water partition coefficient (Wildman–Crippen LogP) is 3.01. The Labute approximate surface area is 160 Å². The molecule has 0 radical (unpaired) electrons. The minimum Gasteiger partial charge on any atom is -0.317 e. The van der Waals surface area contributed by atoms with Crippen molar-refractivity contribution >= 4 is 11.6 Å². The van der Waals surface area contributed by atoms with Crippen molar-refractivity contribution in [3.05, 3.63) is 40.7 Å². The molecule has 2 aromatic rings. The zero-order chi connectivity index (χ0) is 19.2. The van der Waals surface area contributed by atoms with E-state index in [2.05, 4.69) is 54.6 Å². The average molecular weight is 367 g/mol. The molecule has 2 aliphatic heterocycles. The number of anilines is 1. The second kappa shape index (κ2) is 6.75. The molecule has 0 unspecified atom stereocenters. The number of fused-ring (bicyclic) bond motifs is 1. The summed E-state index contributed by atoms with van der Waals surface area (Å²) < 4.78 is 1.95. The Bertz CT molecular complexity index is 858. The van der Waals surface area contributed by atoms with Crippen LogP contribution in [0, 0.1) is 6.92 Å². The highest BCUT2D eigenvalue weighted by Gasteiger charge is 2.31. The molecule has 0 bridgehead atoms. The van der Waals surface area contributed by atoms with E-state index in [1.54, 1.807) is 0 Å². The summed E-state index contributed by atoms with van der Waals surface area (Å²) in [6, 6.07) is 6.82. The summed E-state index contributed by atoms with van der Waals surface area (Å²) >= 11 is 0. The number of carbonyl (C=O) groups is 1. The maximum atomic E-state index is 13.2. The van der Waals surface area contributed by atoms with E-state index in [1.807, 2.05) is 16.5 Å². The summed E-state index contributed by atoms with van der Waals surface area (Å²) in [5.74, 6) is -0.0325. The van der Waals surface area contributed by atoms with Crippen molar-refractivity contribution in [2.75, 3.05) is 24.5 Å². The fourth-order valence-corrected chi connectivity index (χ4v) is 4.14. The highest BCUT2D eigenvalue weighted by molar-refractivity contribution is 6.06. The molecule has 1 aromatic carbocycles. The lowest BCUT2D eigenvalue weighted by molar-refractivity contribution is 0.0984. The molecule has 0 saturated carbocycles. The SMILES string of the molecule is Cc1c(C(=O)N2CCc3cc(C(C)(C)C)ccc32)nnn1C1CCNCC1. The van der Waals surface area contributed by atoms with Crippen LogP contribution in [0.2, 0.25) is 0 Å². The van der Waals surface area contributed by atoms with Gasteiger partial charge in [-0.05, 0) is 61.9 Å². The molecule has 0 spiro atoms. The van der Waals surface area contributed by atoms with E-state index in [4.69, 9.17) is 0 Å². The number of nitrogens with zero attached hydrogens (tertiary/aromatic N) is 4. The summed E-state index contributed by atoms with van der Waals surface area (Å²) in [6.45, 7) is 11.3. The Balaban J connectivity index is 1.59. The normalized spacial score (nSPS) is 18.0. The Morgan fingerprint density at radius 2 is 1.96 bits per heavy atom. The highest BCUT2D eigenvalue weighted by atomic mass is 16.2. The summed E-state index contributed by atoms with van der Waals surface area (Å²) in [5.41, 5.74) is 5.06. The summed E-state index contributed by atoms with van der Waals surface area (Å²) in [5, 5.41) is 12.0. The number of carbonyl (C=O) groups excluding carboxylic acids is 1. The number of nitrogens with one attached hydrogen (secondary N) is 1. The van der Waals surface area contributed by atoms with E-state index in [-0.39, 0.29) is 11.3 Å². The number of hydrogen-bond acceptors (Lipinski definition) is 4. The molecule has 1 amide bonds. The van der Waals surface area contributed by atoms with Crippen LogP contribution in [0.3, 0.4) is 0 Å². The molecular weight excluding hydrogens is 338 g/mol. The van der Waals surface area contributed by atoms with Crippen molar-refractivity contribution in [1.29, 1.82) is 0 Å². The molecule has 1 aromatic heterocycles. The molecule has 6 heteroatoms. The van der Waals surface area contributed by atoms with Crippen LogP contribution in [-0.2, 0) is 11.8 Å². The van der Waals surface area contributed by atoms with Crippen LogP contribution >= 0.6 is 0 Å². The Morgan fingerprint density at radius 1 is 1.22 bits per heavy atom. The zero-order valence-corrected chi connectivity index (χ0v) is 16.7. The number of rotatable bonds is 2. The smallest absolute Gasteiger partial charge is 0.280 e. The lowest BCUT2D eigenvalue weighted by Crippen LogP contribution is -2.31. The molecule has 144 valence electrons. The number of hydrogen-bond donors (Lipinski definition) is 1. The largest absolute Gasteiger partial charge is 0.317 e. The molecule has 1 N–H and O–H groups in total. The molecule has 0 aliphatic carbocycles. The quantitative estimate of drug-likeness (QED) is 0.886. The highest BCUT2D eigenvalue weighted by Crippen LogP contribution is 2.34. The van der Waals surface area contributed by atoms with Gasteiger partial charge in [-0.2, -0.15) is 0 Å². The van der Waals surface area contributed by atoms with Crippen LogP contribution in [0.1, 0.15) is 67.0 Å². The van der Waals surface area contributed by atoms with Crippen molar-refractivity contribution in [2.24, 2.45) is 0 Å². The van der Waals surface area contributed by atoms with Gasteiger partial charge >= 0.3 is 0 Å². The van der Waals surface area contributed by atoms with E-state index in [1.165, 1.54) is 11.1 Å². The van der Waals surface area contributed by atoms with Gasteiger partial charge in [0, 0.05) is 12.2 Å². The van der Waals surface area contributed by atoms with Crippen molar-refractivity contribution in [3.8, 4) is 0 Å². The zero-order valence-electron chi connectivity index (χ0n) is 16.7. The minimum atomic E-state index is -0.0325. The third-order valence-corrected chi connectivity index (χ3v) is 5.87. The molecule has 0 atom stereocenters. The first-order valence-corrected chi connectivity index (χ1v) is 9.94. The van der Waals surface area contributed by atoms with Gasteiger partial charge in [0.2, 0.25) is 0 Å². The van der Waals surface area contributed by atoms with Crippen LogP contribution < -0.4 is 10.2 Å². The Hall–Kier alpha value is -2.21. The van der Waals surface area contributed by atoms with Crippen LogP contribution in [0.15, 0.2) is 18.2 Å². The molecular formula is C21H29N5O. The fraction of sp³-hybridized carbons (Fsp3) is 0.571.